The Kier molecular flexibility index (Phi) is 7.64. The molecule has 0 saturated carbocycles. The molecule has 0 aliphatic carbocycles. The van der Waals surface area contributed by atoms with Gasteiger partial charge in [-0.05, 0) is 24.1 Å². The van der Waals surface area contributed by atoms with Crippen molar-refractivity contribution in [3.05, 3.63) is 70.7 Å². The van der Waals surface area contributed by atoms with Crippen molar-refractivity contribution >= 4 is 29.4 Å². The van der Waals surface area contributed by atoms with Gasteiger partial charge >= 0.3 is 5.76 Å². The van der Waals surface area contributed by atoms with Crippen LogP contribution in [0.15, 0.2) is 63.8 Å². The topological polar surface area (TPSA) is 81.5 Å². The highest BCUT2D eigenvalue weighted by Gasteiger charge is 2.15. The fourth-order valence-electron chi connectivity index (χ4n) is 3.02. The molecule has 2 aromatic carbocycles. The second-order valence-corrected chi connectivity index (χ2v) is 6.14. The van der Waals surface area contributed by atoms with E-state index in [1.54, 1.807) is 11.0 Å². The first-order valence-electron chi connectivity index (χ1n) is 8.79. The van der Waals surface area contributed by atoms with Crippen molar-refractivity contribution < 1.29 is 9.21 Å². The average Bonchev–Trinajstić information content (AvgIpc) is 2.99. The SMILES string of the molecule is Cl.NCCN(CCc1ccccc1)C(=O)CCn1c(=O)oc2ccccc21. The summed E-state index contributed by atoms with van der Waals surface area (Å²) in [5, 5.41) is 0. The zero-order valence-corrected chi connectivity index (χ0v) is 15.9. The molecule has 0 fully saturated rings. The molecule has 2 N–H and O–H groups in total. The Bertz CT molecular complexity index is 921. The van der Waals surface area contributed by atoms with Gasteiger partial charge in [0.05, 0.1) is 5.52 Å². The summed E-state index contributed by atoms with van der Waals surface area (Å²) in [6.07, 6.45) is 1.01. The number of benzene rings is 2. The van der Waals surface area contributed by atoms with E-state index >= 15 is 0 Å². The van der Waals surface area contributed by atoms with Gasteiger partial charge in [-0.3, -0.25) is 9.36 Å². The predicted octanol–water partition coefficient (Wildman–Crippen LogP) is 2.44. The number of para-hydroxylation sites is 2. The van der Waals surface area contributed by atoms with E-state index in [-0.39, 0.29) is 24.7 Å². The minimum absolute atomic E-state index is 0. The van der Waals surface area contributed by atoms with Gasteiger partial charge < -0.3 is 15.1 Å². The number of halogens is 1. The van der Waals surface area contributed by atoms with Gasteiger partial charge in [0.15, 0.2) is 5.58 Å². The maximum Gasteiger partial charge on any atom is 0.419 e. The van der Waals surface area contributed by atoms with E-state index in [4.69, 9.17) is 10.2 Å². The van der Waals surface area contributed by atoms with Gasteiger partial charge in [0, 0.05) is 32.6 Å². The highest BCUT2D eigenvalue weighted by Crippen LogP contribution is 2.12. The second kappa shape index (κ2) is 9.94. The summed E-state index contributed by atoms with van der Waals surface area (Å²) in [5.41, 5.74) is 8.08. The van der Waals surface area contributed by atoms with Crippen LogP contribution < -0.4 is 11.5 Å². The van der Waals surface area contributed by atoms with Crippen LogP contribution in [0.1, 0.15) is 12.0 Å². The average molecular weight is 390 g/mol. The number of fused-ring (bicyclic) bond motifs is 1. The fraction of sp³-hybridized carbons (Fsp3) is 0.300. The number of hydrogen-bond donors (Lipinski definition) is 1. The molecule has 0 atom stereocenters. The third-order valence-corrected chi connectivity index (χ3v) is 4.39. The van der Waals surface area contributed by atoms with Gasteiger partial charge in [0.25, 0.3) is 0 Å². The van der Waals surface area contributed by atoms with Crippen LogP contribution in [-0.2, 0) is 17.8 Å². The number of carbonyl (C=O) groups is 1. The van der Waals surface area contributed by atoms with Crippen molar-refractivity contribution in [2.24, 2.45) is 5.73 Å². The molecule has 3 aromatic rings. The number of amides is 1. The van der Waals surface area contributed by atoms with Crippen LogP contribution in [-0.4, -0.2) is 35.0 Å². The molecular formula is C20H24ClN3O3. The quantitative estimate of drug-likeness (QED) is 0.641. The van der Waals surface area contributed by atoms with E-state index in [0.29, 0.717) is 37.3 Å². The molecule has 0 bridgehead atoms. The summed E-state index contributed by atoms with van der Waals surface area (Å²) in [7, 11) is 0. The van der Waals surface area contributed by atoms with Crippen LogP contribution in [0.4, 0.5) is 0 Å². The molecule has 0 unspecified atom stereocenters. The first kappa shape index (κ1) is 20.7. The monoisotopic (exact) mass is 389 g/mol. The van der Waals surface area contributed by atoms with E-state index in [1.165, 1.54) is 10.1 Å². The molecule has 1 aromatic heterocycles. The predicted molar refractivity (Wildman–Crippen MR) is 108 cm³/mol. The van der Waals surface area contributed by atoms with Crippen LogP contribution >= 0.6 is 12.4 Å². The van der Waals surface area contributed by atoms with Crippen molar-refractivity contribution in [3.63, 3.8) is 0 Å². The zero-order chi connectivity index (χ0) is 18.4. The Hall–Kier alpha value is -2.57. The molecule has 0 aliphatic rings. The van der Waals surface area contributed by atoms with Gasteiger partial charge in [0.2, 0.25) is 5.91 Å². The maximum absolute atomic E-state index is 12.6. The number of nitrogens with zero attached hydrogens (tertiary/aromatic N) is 2. The third kappa shape index (κ3) is 5.21. The van der Waals surface area contributed by atoms with E-state index in [0.717, 1.165) is 6.42 Å². The van der Waals surface area contributed by atoms with Crippen LogP contribution in [0.3, 0.4) is 0 Å². The summed E-state index contributed by atoms with van der Waals surface area (Å²) in [5.74, 6) is -0.447. The van der Waals surface area contributed by atoms with Gasteiger partial charge in [-0.25, -0.2) is 4.79 Å². The summed E-state index contributed by atoms with van der Waals surface area (Å²) < 4.78 is 6.71. The van der Waals surface area contributed by atoms with E-state index in [9.17, 15) is 9.59 Å². The molecule has 0 saturated heterocycles. The van der Waals surface area contributed by atoms with Crippen molar-refractivity contribution in [2.75, 3.05) is 19.6 Å². The molecule has 0 aliphatic heterocycles. The molecule has 1 heterocycles. The van der Waals surface area contributed by atoms with Crippen LogP contribution in [0.25, 0.3) is 11.1 Å². The second-order valence-electron chi connectivity index (χ2n) is 6.14. The van der Waals surface area contributed by atoms with Crippen LogP contribution in [0.2, 0.25) is 0 Å². The number of aromatic nitrogens is 1. The number of carbonyl (C=O) groups excluding carboxylic acids is 1. The number of aryl methyl sites for hydroxylation is 1. The molecule has 27 heavy (non-hydrogen) atoms. The van der Waals surface area contributed by atoms with Crippen LogP contribution in [0.5, 0.6) is 0 Å². The Morgan fingerprint density at radius 3 is 2.48 bits per heavy atom. The lowest BCUT2D eigenvalue weighted by Crippen LogP contribution is -2.37. The van der Waals surface area contributed by atoms with Crippen molar-refractivity contribution in [2.45, 2.75) is 19.4 Å². The fourth-order valence-corrected chi connectivity index (χ4v) is 3.02. The van der Waals surface area contributed by atoms with E-state index in [2.05, 4.69) is 0 Å². The summed E-state index contributed by atoms with van der Waals surface area (Å²) >= 11 is 0. The number of nitrogens with two attached hydrogens (primary N) is 1. The molecule has 6 nitrogen and oxygen atoms in total. The zero-order valence-electron chi connectivity index (χ0n) is 15.0. The smallest absolute Gasteiger partial charge is 0.408 e. The van der Waals surface area contributed by atoms with Gasteiger partial charge in [-0.15, -0.1) is 12.4 Å². The summed E-state index contributed by atoms with van der Waals surface area (Å²) in [6, 6.07) is 17.3. The first-order valence-corrected chi connectivity index (χ1v) is 8.79. The molecule has 7 heteroatoms. The van der Waals surface area contributed by atoms with Gasteiger partial charge in [-0.1, -0.05) is 42.5 Å². The highest BCUT2D eigenvalue weighted by molar-refractivity contribution is 5.85. The minimum atomic E-state index is -0.436. The number of rotatable bonds is 8. The third-order valence-electron chi connectivity index (χ3n) is 4.39. The molecule has 1 amide bonds. The molecule has 0 spiro atoms. The molecule has 3 rings (SSSR count). The Morgan fingerprint density at radius 2 is 1.74 bits per heavy atom. The lowest BCUT2D eigenvalue weighted by molar-refractivity contribution is -0.131. The summed E-state index contributed by atoms with van der Waals surface area (Å²) in [6.45, 7) is 1.82. The van der Waals surface area contributed by atoms with Crippen molar-refractivity contribution in [1.29, 1.82) is 0 Å². The Labute approximate surface area is 164 Å². The standard InChI is InChI=1S/C20H23N3O3.ClH/c21-12-15-22(13-10-16-6-2-1-3-7-16)19(24)11-14-23-17-8-4-5-9-18(17)26-20(23)25;/h1-9H,10-15,21H2;1H. The number of hydrogen-bond acceptors (Lipinski definition) is 4. The minimum Gasteiger partial charge on any atom is -0.408 e. The van der Waals surface area contributed by atoms with Gasteiger partial charge in [-0.2, -0.15) is 0 Å². The first-order chi connectivity index (χ1) is 12.7. The normalized spacial score (nSPS) is 10.6. The van der Waals surface area contributed by atoms with E-state index < -0.39 is 5.76 Å². The van der Waals surface area contributed by atoms with Crippen molar-refractivity contribution in [1.82, 2.24) is 9.47 Å². The molecular weight excluding hydrogens is 366 g/mol. The maximum atomic E-state index is 12.6. The van der Waals surface area contributed by atoms with Gasteiger partial charge in [0.1, 0.15) is 0 Å². The Morgan fingerprint density at radius 1 is 1.04 bits per heavy atom. The van der Waals surface area contributed by atoms with Crippen molar-refractivity contribution in [3.8, 4) is 0 Å². The summed E-state index contributed by atoms with van der Waals surface area (Å²) in [4.78, 5) is 26.4. The Balaban J connectivity index is 0.00000261. The largest absolute Gasteiger partial charge is 0.419 e. The molecule has 0 radical (unpaired) electrons. The van der Waals surface area contributed by atoms with E-state index in [1.807, 2.05) is 48.5 Å². The lowest BCUT2D eigenvalue weighted by Gasteiger charge is -2.22. The lowest BCUT2D eigenvalue weighted by atomic mass is 10.1. The number of oxazole rings is 1. The van der Waals surface area contributed by atoms with Crippen LogP contribution in [0, 0.1) is 0 Å². The molecule has 144 valence electrons. The highest BCUT2D eigenvalue weighted by atomic mass is 35.5.